The zero-order valence-electron chi connectivity index (χ0n) is 9.67. The normalized spacial score (nSPS) is 16.9. The summed E-state index contributed by atoms with van der Waals surface area (Å²) in [5.74, 6) is 0.177. The number of rotatable bonds is 3. The highest BCUT2D eigenvalue weighted by Crippen LogP contribution is 2.21. The molecule has 2 heterocycles. The van der Waals surface area contributed by atoms with E-state index in [9.17, 15) is 4.79 Å². The van der Waals surface area contributed by atoms with E-state index in [0.29, 0.717) is 37.8 Å². The lowest BCUT2D eigenvalue weighted by atomic mass is 9.97. The average Bonchev–Trinajstić information content (AvgIpc) is 2.39. The van der Waals surface area contributed by atoms with Crippen LogP contribution in [0, 0.1) is 5.92 Å². The van der Waals surface area contributed by atoms with Crippen LogP contribution in [0.1, 0.15) is 12.8 Å². The molecule has 92 valence electrons. The third-order valence-corrected chi connectivity index (χ3v) is 2.95. The highest BCUT2D eigenvalue weighted by Gasteiger charge is 2.25. The topological polar surface area (TPSA) is 75.5 Å². The van der Waals surface area contributed by atoms with Crippen LogP contribution in [0.2, 0.25) is 0 Å². The molecule has 1 aliphatic heterocycles. The second-order valence-corrected chi connectivity index (χ2v) is 4.00. The molecule has 0 aromatic carbocycles. The molecule has 6 heteroatoms. The largest absolute Gasteiger partial charge is 0.481 e. The monoisotopic (exact) mass is 237 g/mol. The molecule has 0 aliphatic carbocycles. The summed E-state index contributed by atoms with van der Waals surface area (Å²) >= 11 is 0. The lowest BCUT2D eigenvalue weighted by molar-refractivity contribution is -0.142. The molecule has 0 atom stereocenters. The van der Waals surface area contributed by atoms with Gasteiger partial charge < -0.3 is 14.7 Å². The van der Waals surface area contributed by atoms with Gasteiger partial charge in [-0.05, 0) is 12.8 Å². The second-order valence-electron chi connectivity index (χ2n) is 4.00. The van der Waals surface area contributed by atoms with Crippen LogP contribution in [-0.4, -0.2) is 41.2 Å². The number of carbonyl (C=O) groups is 1. The van der Waals surface area contributed by atoms with Gasteiger partial charge in [0.05, 0.1) is 13.0 Å². The Morgan fingerprint density at radius 2 is 2.24 bits per heavy atom. The van der Waals surface area contributed by atoms with E-state index in [1.165, 1.54) is 0 Å². The van der Waals surface area contributed by atoms with Crippen molar-refractivity contribution in [1.29, 1.82) is 0 Å². The minimum absolute atomic E-state index is 0.239. The van der Waals surface area contributed by atoms with Gasteiger partial charge in [-0.3, -0.25) is 4.79 Å². The SMILES string of the molecule is COc1ccnc(N2CCC(C(=O)O)CC2)n1. The van der Waals surface area contributed by atoms with Crippen LogP contribution in [-0.2, 0) is 4.79 Å². The van der Waals surface area contributed by atoms with Crippen molar-refractivity contribution in [2.75, 3.05) is 25.1 Å². The highest BCUT2D eigenvalue weighted by atomic mass is 16.5. The first kappa shape index (κ1) is 11.6. The maximum absolute atomic E-state index is 10.8. The number of hydrogen-bond donors (Lipinski definition) is 1. The number of nitrogens with zero attached hydrogens (tertiary/aromatic N) is 3. The van der Waals surface area contributed by atoms with Gasteiger partial charge in [0.1, 0.15) is 0 Å². The first-order valence-corrected chi connectivity index (χ1v) is 5.55. The number of ether oxygens (including phenoxy) is 1. The van der Waals surface area contributed by atoms with Crippen molar-refractivity contribution in [2.24, 2.45) is 5.92 Å². The number of aromatic nitrogens is 2. The summed E-state index contributed by atoms with van der Waals surface area (Å²) in [5.41, 5.74) is 0. The Balaban J connectivity index is 2.02. The van der Waals surface area contributed by atoms with E-state index in [-0.39, 0.29) is 5.92 Å². The van der Waals surface area contributed by atoms with Gasteiger partial charge >= 0.3 is 5.97 Å². The predicted molar refractivity (Wildman–Crippen MR) is 61.2 cm³/mol. The highest BCUT2D eigenvalue weighted by molar-refractivity contribution is 5.70. The van der Waals surface area contributed by atoms with Crippen molar-refractivity contribution >= 4 is 11.9 Å². The molecular formula is C11H15N3O3. The zero-order chi connectivity index (χ0) is 12.3. The number of methoxy groups -OCH3 is 1. The molecule has 1 aromatic heterocycles. The average molecular weight is 237 g/mol. The smallest absolute Gasteiger partial charge is 0.306 e. The molecule has 1 saturated heterocycles. The summed E-state index contributed by atoms with van der Waals surface area (Å²) in [5, 5.41) is 8.91. The van der Waals surface area contributed by atoms with Crippen LogP contribution in [0.4, 0.5) is 5.95 Å². The molecule has 1 aromatic rings. The summed E-state index contributed by atoms with van der Waals surface area (Å²) in [4.78, 5) is 21.2. The summed E-state index contributed by atoms with van der Waals surface area (Å²) in [6, 6.07) is 1.69. The van der Waals surface area contributed by atoms with Gasteiger partial charge in [0.2, 0.25) is 11.8 Å². The second kappa shape index (κ2) is 4.99. The standard InChI is InChI=1S/C11H15N3O3/c1-17-9-2-5-12-11(13-9)14-6-3-8(4-7-14)10(15)16/h2,5,8H,3-4,6-7H2,1H3,(H,15,16). The Morgan fingerprint density at radius 1 is 1.53 bits per heavy atom. The maximum atomic E-state index is 10.8. The van der Waals surface area contributed by atoms with Crippen molar-refractivity contribution in [1.82, 2.24) is 9.97 Å². The Kier molecular flexibility index (Phi) is 3.41. The van der Waals surface area contributed by atoms with E-state index in [1.54, 1.807) is 19.4 Å². The fourth-order valence-electron chi connectivity index (χ4n) is 1.92. The molecule has 0 unspecified atom stereocenters. The van der Waals surface area contributed by atoms with E-state index in [1.807, 2.05) is 4.90 Å². The molecule has 0 spiro atoms. The first-order valence-electron chi connectivity index (χ1n) is 5.55. The quantitative estimate of drug-likeness (QED) is 0.837. The van der Waals surface area contributed by atoms with Crippen molar-refractivity contribution in [3.63, 3.8) is 0 Å². The fraction of sp³-hybridized carbons (Fsp3) is 0.545. The molecule has 17 heavy (non-hydrogen) atoms. The summed E-state index contributed by atoms with van der Waals surface area (Å²) in [6.07, 6.45) is 2.91. The van der Waals surface area contributed by atoms with Crippen LogP contribution >= 0.6 is 0 Å². The van der Waals surface area contributed by atoms with Gasteiger partial charge in [0, 0.05) is 25.4 Å². The lowest BCUT2D eigenvalue weighted by Crippen LogP contribution is -2.37. The molecule has 1 aliphatic rings. The minimum atomic E-state index is -0.712. The summed E-state index contributed by atoms with van der Waals surface area (Å²) in [6.45, 7) is 1.34. The minimum Gasteiger partial charge on any atom is -0.481 e. The van der Waals surface area contributed by atoms with Crippen LogP contribution in [0.3, 0.4) is 0 Å². The van der Waals surface area contributed by atoms with E-state index >= 15 is 0 Å². The number of aliphatic carboxylic acids is 1. The van der Waals surface area contributed by atoms with Crippen molar-refractivity contribution < 1.29 is 14.6 Å². The third-order valence-electron chi connectivity index (χ3n) is 2.95. The predicted octanol–water partition coefficient (Wildman–Crippen LogP) is 0.786. The van der Waals surface area contributed by atoms with Crippen molar-refractivity contribution in [2.45, 2.75) is 12.8 Å². The van der Waals surface area contributed by atoms with Gasteiger partial charge in [-0.1, -0.05) is 0 Å². The Labute approximate surface area is 99.2 Å². The van der Waals surface area contributed by atoms with Gasteiger partial charge in [-0.2, -0.15) is 4.98 Å². The van der Waals surface area contributed by atoms with Crippen molar-refractivity contribution in [3.05, 3.63) is 12.3 Å². The number of carboxylic acids is 1. The van der Waals surface area contributed by atoms with Crippen LogP contribution in [0.15, 0.2) is 12.3 Å². The van der Waals surface area contributed by atoms with E-state index in [0.717, 1.165) is 0 Å². The molecule has 1 fully saturated rings. The van der Waals surface area contributed by atoms with E-state index in [4.69, 9.17) is 9.84 Å². The molecule has 6 nitrogen and oxygen atoms in total. The Hall–Kier alpha value is -1.85. The zero-order valence-corrected chi connectivity index (χ0v) is 9.67. The van der Waals surface area contributed by atoms with E-state index < -0.39 is 5.97 Å². The van der Waals surface area contributed by atoms with Gasteiger partial charge in [0.25, 0.3) is 0 Å². The fourth-order valence-corrected chi connectivity index (χ4v) is 1.92. The van der Waals surface area contributed by atoms with Gasteiger partial charge in [-0.25, -0.2) is 4.98 Å². The molecule has 0 saturated carbocycles. The number of hydrogen-bond acceptors (Lipinski definition) is 5. The van der Waals surface area contributed by atoms with Gasteiger partial charge in [-0.15, -0.1) is 0 Å². The van der Waals surface area contributed by atoms with Crippen LogP contribution in [0.5, 0.6) is 5.88 Å². The molecule has 2 rings (SSSR count). The number of carboxylic acid groups (broad SMARTS) is 1. The van der Waals surface area contributed by atoms with Crippen molar-refractivity contribution in [3.8, 4) is 5.88 Å². The van der Waals surface area contributed by atoms with Gasteiger partial charge in [0.15, 0.2) is 0 Å². The van der Waals surface area contributed by atoms with E-state index in [2.05, 4.69) is 9.97 Å². The molecule has 0 amide bonds. The number of anilines is 1. The molecule has 0 radical (unpaired) electrons. The third kappa shape index (κ3) is 2.64. The lowest BCUT2D eigenvalue weighted by Gasteiger charge is -2.29. The molecular weight excluding hydrogens is 222 g/mol. The maximum Gasteiger partial charge on any atom is 0.306 e. The number of piperidine rings is 1. The van der Waals surface area contributed by atoms with Crippen LogP contribution < -0.4 is 9.64 Å². The summed E-state index contributed by atoms with van der Waals surface area (Å²) < 4.78 is 5.03. The molecule has 1 N–H and O–H groups in total. The first-order chi connectivity index (χ1) is 8.20. The Morgan fingerprint density at radius 3 is 2.82 bits per heavy atom. The Bertz CT molecular complexity index is 403. The summed E-state index contributed by atoms with van der Waals surface area (Å²) in [7, 11) is 1.56. The van der Waals surface area contributed by atoms with Crippen LogP contribution in [0.25, 0.3) is 0 Å². The molecule has 0 bridgehead atoms.